The van der Waals surface area contributed by atoms with Gasteiger partial charge >= 0.3 is 6.03 Å². The number of halogens is 1. The quantitative estimate of drug-likeness (QED) is 0.659. The fourth-order valence-electron chi connectivity index (χ4n) is 3.20. The zero-order valence-electron chi connectivity index (χ0n) is 13.6. The summed E-state index contributed by atoms with van der Waals surface area (Å²) in [7, 11) is 0. The predicted molar refractivity (Wildman–Crippen MR) is 103 cm³/mol. The second-order valence-electron chi connectivity index (χ2n) is 6.11. The van der Waals surface area contributed by atoms with Gasteiger partial charge in [-0.2, -0.15) is 0 Å². The maximum Gasteiger partial charge on any atom is 0.322 e. The summed E-state index contributed by atoms with van der Waals surface area (Å²) in [6.45, 7) is 1.29. The molecule has 5 heteroatoms. The lowest BCUT2D eigenvalue weighted by Crippen LogP contribution is -2.37. The van der Waals surface area contributed by atoms with E-state index in [1.807, 2.05) is 24.3 Å². The first kappa shape index (κ1) is 15.8. The largest absolute Gasteiger partial charge is 0.361 e. The number of aromatic amines is 1. The van der Waals surface area contributed by atoms with Crippen molar-refractivity contribution >= 4 is 39.8 Å². The molecule has 3 aromatic rings. The van der Waals surface area contributed by atoms with Gasteiger partial charge in [0, 0.05) is 46.5 Å². The molecule has 2 N–H and O–H groups in total. The second kappa shape index (κ2) is 6.65. The Bertz CT molecular complexity index is 960. The molecular formula is C20H18ClN3O. The summed E-state index contributed by atoms with van der Waals surface area (Å²) in [5.41, 5.74) is 4.36. The molecule has 0 atom stereocenters. The number of benzene rings is 2. The molecule has 2 heterocycles. The minimum Gasteiger partial charge on any atom is -0.361 e. The van der Waals surface area contributed by atoms with Crippen molar-refractivity contribution in [2.24, 2.45) is 0 Å². The van der Waals surface area contributed by atoms with Crippen LogP contribution >= 0.6 is 11.6 Å². The number of carbonyl (C=O) groups excluding carboxylic acids is 1. The highest BCUT2D eigenvalue weighted by atomic mass is 35.5. The standard InChI is InChI=1S/C20H18ClN3O/c21-15-4-3-5-16(12-15)23-20(25)24-10-8-14(9-11-24)18-13-22-19-7-2-1-6-17(18)19/h1-8,12-13,22H,9-11H2,(H,23,25). The van der Waals surface area contributed by atoms with Gasteiger partial charge in [-0.15, -0.1) is 0 Å². The number of anilines is 1. The number of hydrogen-bond donors (Lipinski definition) is 2. The number of urea groups is 1. The monoisotopic (exact) mass is 351 g/mol. The van der Waals surface area contributed by atoms with Gasteiger partial charge in [0.15, 0.2) is 0 Å². The molecule has 4 rings (SSSR count). The molecule has 0 saturated heterocycles. The minimum absolute atomic E-state index is 0.100. The topological polar surface area (TPSA) is 48.1 Å². The van der Waals surface area contributed by atoms with E-state index >= 15 is 0 Å². The number of aromatic nitrogens is 1. The van der Waals surface area contributed by atoms with Crippen LogP contribution in [0.2, 0.25) is 5.02 Å². The molecule has 0 aliphatic carbocycles. The molecule has 0 radical (unpaired) electrons. The average Bonchev–Trinajstić information content (AvgIpc) is 3.06. The van der Waals surface area contributed by atoms with Crippen molar-refractivity contribution in [2.45, 2.75) is 6.42 Å². The van der Waals surface area contributed by atoms with Crippen LogP contribution in [0.5, 0.6) is 0 Å². The Morgan fingerprint density at radius 1 is 1.16 bits per heavy atom. The zero-order valence-corrected chi connectivity index (χ0v) is 14.4. The molecule has 0 saturated carbocycles. The van der Waals surface area contributed by atoms with Crippen molar-refractivity contribution in [3.63, 3.8) is 0 Å². The Morgan fingerprint density at radius 3 is 2.84 bits per heavy atom. The van der Waals surface area contributed by atoms with E-state index in [1.54, 1.807) is 17.0 Å². The van der Waals surface area contributed by atoms with Gasteiger partial charge in [-0.1, -0.05) is 41.9 Å². The van der Waals surface area contributed by atoms with Crippen molar-refractivity contribution in [2.75, 3.05) is 18.4 Å². The Balaban J connectivity index is 1.47. The van der Waals surface area contributed by atoms with Crippen LogP contribution in [0.3, 0.4) is 0 Å². The molecule has 1 aliphatic rings. The zero-order chi connectivity index (χ0) is 17.2. The van der Waals surface area contributed by atoms with Crippen LogP contribution in [0.4, 0.5) is 10.5 Å². The third-order valence-electron chi connectivity index (χ3n) is 4.51. The summed E-state index contributed by atoms with van der Waals surface area (Å²) < 4.78 is 0. The Morgan fingerprint density at radius 2 is 2.04 bits per heavy atom. The highest BCUT2D eigenvalue weighted by Crippen LogP contribution is 2.29. The lowest BCUT2D eigenvalue weighted by Gasteiger charge is -2.26. The van der Waals surface area contributed by atoms with E-state index in [-0.39, 0.29) is 6.03 Å². The molecule has 126 valence electrons. The first-order valence-electron chi connectivity index (χ1n) is 8.28. The van der Waals surface area contributed by atoms with E-state index in [4.69, 9.17) is 11.6 Å². The maximum absolute atomic E-state index is 12.4. The van der Waals surface area contributed by atoms with Crippen LogP contribution in [-0.2, 0) is 0 Å². The van der Waals surface area contributed by atoms with Gasteiger partial charge in [-0.3, -0.25) is 0 Å². The van der Waals surface area contributed by atoms with Crippen LogP contribution in [0.25, 0.3) is 16.5 Å². The summed E-state index contributed by atoms with van der Waals surface area (Å²) in [5.74, 6) is 0. The van der Waals surface area contributed by atoms with Gasteiger partial charge in [-0.05, 0) is 36.3 Å². The van der Waals surface area contributed by atoms with Crippen LogP contribution in [-0.4, -0.2) is 29.0 Å². The number of hydrogen-bond acceptors (Lipinski definition) is 1. The van der Waals surface area contributed by atoms with E-state index in [0.717, 1.165) is 11.9 Å². The summed E-state index contributed by atoms with van der Waals surface area (Å²) in [6.07, 6.45) is 5.03. The number of fused-ring (bicyclic) bond motifs is 1. The molecule has 1 aliphatic heterocycles. The number of carbonyl (C=O) groups is 1. The summed E-state index contributed by atoms with van der Waals surface area (Å²) in [6, 6.07) is 15.4. The van der Waals surface area contributed by atoms with Gasteiger partial charge in [0.2, 0.25) is 0 Å². The summed E-state index contributed by atoms with van der Waals surface area (Å²) in [5, 5.41) is 4.74. The number of nitrogens with zero attached hydrogens (tertiary/aromatic N) is 1. The van der Waals surface area contributed by atoms with E-state index in [0.29, 0.717) is 23.8 Å². The number of rotatable bonds is 2. The van der Waals surface area contributed by atoms with Crippen molar-refractivity contribution in [1.29, 1.82) is 0 Å². The van der Waals surface area contributed by atoms with Crippen LogP contribution < -0.4 is 5.32 Å². The molecule has 0 bridgehead atoms. The average molecular weight is 352 g/mol. The molecular weight excluding hydrogens is 334 g/mol. The van der Waals surface area contributed by atoms with Gasteiger partial charge in [-0.25, -0.2) is 4.79 Å². The number of H-pyrrole nitrogens is 1. The Kier molecular flexibility index (Phi) is 4.20. The van der Waals surface area contributed by atoms with Crippen LogP contribution in [0.15, 0.2) is 60.8 Å². The van der Waals surface area contributed by atoms with E-state index in [2.05, 4.69) is 34.7 Å². The first-order valence-corrected chi connectivity index (χ1v) is 8.65. The molecule has 2 amide bonds. The molecule has 1 aromatic heterocycles. The van der Waals surface area contributed by atoms with E-state index in [9.17, 15) is 4.79 Å². The SMILES string of the molecule is O=C(Nc1cccc(Cl)c1)N1CC=C(c2c[nH]c3ccccc23)CC1. The van der Waals surface area contributed by atoms with Crippen molar-refractivity contribution in [3.8, 4) is 0 Å². The van der Waals surface area contributed by atoms with Gasteiger partial charge in [0.25, 0.3) is 0 Å². The van der Waals surface area contributed by atoms with Gasteiger partial charge in [0.05, 0.1) is 0 Å². The molecule has 2 aromatic carbocycles. The fraction of sp³-hybridized carbons (Fsp3) is 0.150. The maximum atomic E-state index is 12.4. The third kappa shape index (κ3) is 3.26. The van der Waals surface area contributed by atoms with E-state index < -0.39 is 0 Å². The van der Waals surface area contributed by atoms with Crippen molar-refractivity contribution in [1.82, 2.24) is 9.88 Å². The Hall–Kier alpha value is -2.72. The normalized spacial score (nSPS) is 14.4. The van der Waals surface area contributed by atoms with E-state index in [1.165, 1.54) is 16.5 Å². The Labute approximate surface area is 151 Å². The van der Waals surface area contributed by atoms with Crippen LogP contribution in [0, 0.1) is 0 Å². The molecule has 25 heavy (non-hydrogen) atoms. The molecule has 4 nitrogen and oxygen atoms in total. The molecule has 0 unspecified atom stereocenters. The highest BCUT2D eigenvalue weighted by Gasteiger charge is 2.19. The van der Waals surface area contributed by atoms with Crippen molar-refractivity contribution in [3.05, 3.63) is 71.4 Å². The number of para-hydroxylation sites is 1. The van der Waals surface area contributed by atoms with Gasteiger partial charge in [0.1, 0.15) is 0 Å². The van der Waals surface area contributed by atoms with Crippen LogP contribution in [0.1, 0.15) is 12.0 Å². The highest BCUT2D eigenvalue weighted by molar-refractivity contribution is 6.30. The first-order chi connectivity index (χ1) is 12.2. The second-order valence-corrected chi connectivity index (χ2v) is 6.55. The fourth-order valence-corrected chi connectivity index (χ4v) is 3.39. The molecule has 0 fully saturated rings. The van der Waals surface area contributed by atoms with Gasteiger partial charge < -0.3 is 15.2 Å². The third-order valence-corrected chi connectivity index (χ3v) is 4.74. The minimum atomic E-state index is -0.100. The summed E-state index contributed by atoms with van der Waals surface area (Å²) in [4.78, 5) is 17.5. The lowest BCUT2D eigenvalue weighted by molar-refractivity contribution is 0.217. The summed E-state index contributed by atoms with van der Waals surface area (Å²) >= 11 is 5.96. The number of amides is 2. The molecule has 0 spiro atoms. The van der Waals surface area contributed by atoms with Crippen molar-refractivity contribution < 1.29 is 4.79 Å². The number of nitrogens with one attached hydrogen (secondary N) is 2. The smallest absolute Gasteiger partial charge is 0.322 e. The lowest BCUT2D eigenvalue weighted by atomic mass is 9.99. The predicted octanol–water partition coefficient (Wildman–Crippen LogP) is 5.14.